The van der Waals surface area contributed by atoms with Crippen molar-refractivity contribution in [1.82, 2.24) is 9.80 Å². The van der Waals surface area contributed by atoms with Crippen LogP contribution in [0.3, 0.4) is 0 Å². The molecule has 0 heterocycles. The van der Waals surface area contributed by atoms with Gasteiger partial charge in [0.15, 0.2) is 0 Å². The lowest BCUT2D eigenvalue weighted by Crippen LogP contribution is -2.52. The highest BCUT2D eigenvalue weighted by Gasteiger charge is 2.31. The van der Waals surface area contributed by atoms with Crippen LogP contribution in [0.15, 0.2) is 36.4 Å². The summed E-state index contributed by atoms with van der Waals surface area (Å²) in [6, 6.07) is 6.46. The summed E-state index contributed by atoms with van der Waals surface area (Å²) in [5.41, 5.74) is 7.86. The van der Waals surface area contributed by atoms with Crippen LogP contribution < -0.4 is 5.73 Å². The molecule has 0 fully saturated rings. The Morgan fingerprint density at radius 1 is 0.923 bits per heavy atom. The normalized spacial score (nSPS) is 13.7. The van der Waals surface area contributed by atoms with Crippen molar-refractivity contribution in [2.75, 3.05) is 26.2 Å². The molecule has 7 nitrogen and oxygen atoms in total. The molecule has 39 heavy (non-hydrogen) atoms. The van der Waals surface area contributed by atoms with Crippen LogP contribution in [-0.4, -0.2) is 76.3 Å². The molecule has 3 atom stereocenters. The van der Waals surface area contributed by atoms with Crippen LogP contribution in [0.5, 0.6) is 0 Å². The van der Waals surface area contributed by atoms with Gasteiger partial charge < -0.3 is 25.7 Å². The van der Waals surface area contributed by atoms with Gasteiger partial charge in [0.05, 0.1) is 18.8 Å². The van der Waals surface area contributed by atoms with Crippen molar-refractivity contribution in [2.45, 2.75) is 72.1 Å². The first-order chi connectivity index (χ1) is 18.4. The van der Waals surface area contributed by atoms with E-state index < -0.39 is 35.7 Å². The van der Waals surface area contributed by atoms with Gasteiger partial charge >= 0.3 is 0 Å². The van der Waals surface area contributed by atoms with Crippen LogP contribution in [0.2, 0.25) is 0 Å². The van der Waals surface area contributed by atoms with Crippen molar-refractivity contribution < 1.29 is 28.6 Å². The number of hydrogen-bond acceptors (Lipinski definition) is 5. The molecule has 0 aromatic heterocycles. The Morgan fingerprint density at radius 2 is 1.46 bits per heavy atom. The summed E-state index contributed by atoms with van der Waals surface area (Å²) in [6.07, 6.45) is 0.356. The highest BCUT2D eigenvalue weighted by atomic mass is 19.1. The van der Waals surface area contributed by atoms with Crippen LogP contribution in [0, 0.1) is 24.5 Å². The zero-order chi connectivity index (χ0) is 29.3. The van der Waals surface area contributed by atoms with Gasteiger partial charge in [0, 0.05) is 42.9 Å². The Hall–Kier alpha value is -2.88. The molecule has 2 aromatic rings. The van der Waals surface area contributed by atoms with Gasteiger partial charge in [-0.3, -0.25) is 9.59 Å². The molecule has 2 aromatic carbocycles. The number of amides is 2. The Morgan fingerprint density at radius 3 is 1.95 bits per heavy atom. The van der Waals surface area contributed by atoms with E-state index in [-0.39, 0.29) is 42.5 Å². The maximum absolute atomic E-state index is 13.8. The number of nitrogens with zero attached hydrogens (tertiary/aromatic N) is 2. The van der Waals surface area contributed by atoms with E-state index in [9.17, 15) is 28.6 Å². The molecular formula is C30H43F2N3O4. The van der Waals surface area contributed by atoms with Gasteiger partial charge in [0.1, 0.15) is 11.6 Å². The third-order valence-electron chi connectivity index (χ3n) is 6.74. The van der Waals surface area contributed by atoms with Crippen LogP contribution in [0.1, 0.15) is 72.4 Å². The highest BCUT2D eigenvalue weighted by molar-refractivity contribution is 6.00. The Bertz CT molecular complexity index is 1090. The zero-order valence-corrected chi connectivity index (χ0v) is 23.7. The topological polar surface area (TPSA) is 107 Å². The van der Waals surface area contributed by atoms with E-state index in [0.717, 1.165) is 36.6 Å². The molecule has 4 N–H and O–H groups in total. The molecule has 0 radical (unpaired) electrons. The molecule has 0 spiro atoms. The predicted octanol–water partition coefficient (Wildman–Crippen LogP) is 3.93. The molecule has 2 amide bonds. The summed E-state index contributed by atoms with van der Waals surface area (Å²) < 4.78 is 27.3. The van der Waals surface area contributed by atoms with Crippen molar-refractivity contribution in [3.8, 4) is 0 Å². The largest absolute Gasteiger partial charge is 0.394 e. The van der Waals surface area contributed by atoms with Crippen molar-refractivity contribution in [2.24, 2.45) is 11.7 Å². The van der Waals surface area contributed by atoms with Crippen LogP contribution in [0.4, 0.5) is 8.78 Å². The number of rotatable bonds is 14. The standard InChI is InChI=1S/C30H43F2N3O4/c1-6-8-34(9-7-2)29(38)22-10-20(5)11-23(15-22)30(39)35(27(18-36)19(3)4)17-28(37)26(33)14-21-12-24(31)16-25(32)13-21/h10-13,15-16,19,26-28,36-37H,6-9,14,17-18,33H2,1-5H3/t26-,27-,28+/m0/s1. The van der Waals surface area contributed by atoms with Crippen LogP contribution in [0.25, 0.3) is 0 Å². The van der Waals surface area contributed by atoms with Gasteiger partial charge in [0.2, 0.25) is 0 Å². The zero-order valence-electron chi connectivity index (χ0n) is 23.7. The minimum absolute atomic E-state index is 0.0167. The SMILES string of the molecule is CCCN(CCC)C(=O)c1cc(C)cc(C(=O)N(C[C@@H](O)[C@@H](N)Cc2cc(F)cc(F)c2)[C@@H](CO)C(C)C)c1. The van der Waals surface area contributed by atoms with Gasteiger partial charge in [-0.25, -0.2) is 8.78 Å². The predicted molar refractivity (Wildman–Crippen MR) is 148 cm³/mol. The summed E-state index contributed by atoms with van der Waals surface area (Å²) in [5, 5.41) is 21.1. The number of aliphatic hydroxyl groups is 2. The number of nitrogens with two attached hydrogens (primary N) is 1. The first kappa shape index (κ1) is 32.3. The number of halogens is 2. The summed E-state index contributed by atoms with van der Waals surface area (Å²) >= 11 is 0. The third kappa shape index (κ3) is 9.08. The molecule has 0 aliphatic heterocycles. The second-order valence-corrected chi connectivity index (χ2v) is 10.5. The average molecular weight is 548 g/mol. The summed E-state index contributed by atoms with van der Waals surface area (Å²) in [7, 11) is 0. The molecule has 216 valence electrons. The fourth-order valence-electron chi connectivity index (χ4n) is 4.75. The Kier molecular flexibility index (Phi) is 12.5. The highest BCUT2D eigenvalue weighted by Crippen LogP contribution is 2.20. The number of hydrogen-bond donors (Lipinski definition) is 3. The second-order valence-electron chi connectivity index (χ2n) is 10.5. The monoisotopic (exact) mass is 547 g/mol. The molecule has 0 bridgehead atoms. The number of benzene rings is 2. The summed E-state index contributed by atoms with van der Waals surface area (Å²) in [5.74, 6) is -2.26. The van der Waals surface area contributed by atoms with Gasteiger partial charge in [-0.1, -0.05) is 27.7 Å². The first-order valence-corrected chi connectivity index (χ1v) is 13.6. The van der Waals surface area contributed by atoms with E-state index in [2.05, 4.69) is 0 Å². The maximum atomic E-state index is 13.8. The lowest BCUT2D eigenvalue weighted by Gasteiger charge is -2.36. The van der Waals surface area contributed by atoms with E-state index in [1.165, 1.54) is 4.90 Å². The molecule has 0 aliphatic rings. The molecule has 0 unspecified atom stereocenters. The fourth-order valence-corrected chi connectivity index (χ4v) is 4.75. The quantitative estimate of drug-likeness (QED) is 0.332. The van der Waals surface area contributed by atoms with Crippen molar-refractivity contribution >= 4 is 11.8 Å². The molecule has 2 rings (SSSR count). The Balaban J connectivity index is 2.37. The minimum atomic E-state index is -1.25. The molecule has 0 saturated carbocycles. The molecule has 0 aliphatic carbocycles. The van der Waals surface area contributed by atoms with Crippen LogP contribution >= 0.6 is 0 Å². The fraction of sp³-hybridized carbons (Fsp3) is 0.533. The van der Waals surface area contributed by atoms with Crippen LogP contribution in [-0.2, 0) is 6.42 Å². The van der Waals surface area contributed by atoms with E-state index in [4.69, 9.17) is 5.73 Å². The molecule has 0 saturated heterocycles. The van der Waals surface area contributed by atoms with Crippen molar-refractivity contribution in [3.05, 3.63) is 70.3 Å². The second kappa shape index (κ2) is 15.1. The third-order valence-corrected chi connectivity index (χ3v) is 6.74. The lowest BCUT2D eigenvalue weighted by atomic mass is 9.97. The smallest absolute Gasteiger partial charge is 0.254 e. The van der Waals surface area contributed by atoms with Gasteiger partial charge in [-0.15, -0.1) is 0 Å². The Labute approximate surface area is 230 Å². The van der Waals surface area contributed by atoms with E-state index in [1.807, 2.05) is 27.7 Å². The number of aryl methyl sites for hydroxylation is 1. The van der Waals surface area contributed by atoms with Gasteiger partial charge in [-0.2, -0.15) is 0 Å². The van der Waals surface area contributed by atoms with Crippen molar-refractivity contribution in [3.63, 3.8) is 0 Å². The maximum Gasteiger partial charge on any atom is 0.254 e. The number of carbonyl (C=O) groups excluding carboxylic acids is 2. The minimum Gasteiger partial charge on any atom is -0.394 e. The van der Waals surface area contributed by atoms with E-state index >= 15 is 0 Å². The molecule has 9 heteroatoms. The summed E-state index contributed by atoms with van der Waals surface area (Å²) in [6.45, 7) is 10.2. The summed E-state index contributed by atoms with van der Waals surface area (Å²) in [4.78, 5) is 30.2. The number of aliphatic hydroxyl groups excluding tert-OH is 2. The van der Waals surface area contributed by atoms with E-state index in [1.54, 1.807) is 30.0 Å². The van der Waals surface area contributed by atoms with Gasteiger partial charge in [0.25, 0.3) is 11.8 Å². The average Bonchev–Trinajstić information content (AvgIpc) is 2.86. The lowest BCUT2D eigenvalue weighted by molar-refractivity contribution is 0.0264. The number of carbonyl (C=O) groups is 2. The first-order valence-electron chi connectivity index (χ1n) is 13.6. The van der Waals surface area contributed by atoms with E-state index in [0.29, 0.717) is 18.7 Å². The van der Waals surface area contributed by atoms with Gasteiger partial charge in [-0.05, 0) is 73.6 Å². The van der Waals surface area contributed by atoms with Crippen molar-refractivity contribution in [1.29, 1.82) is 0 Å². The molecular weight excluding hydrogens is 504 g/mol.